The SMILES string of the molecule is CCCc1cc2cc(C)cc(Cl)c2nc1NC. The number of benzene rings is 1. The Morgan fingerprint density at radius 2 is 2.06 bits per heavy atom. The molecule has 0 spiro atoms. The van der Waals surface area contributed by atoms with Crippen molar-refractivity contribution in [2.45, 2.75) is 26.7 Å². The van der Waals surface area contributed by atoms with Crippen LogP contribution in [0.25, 0.3) is 10.9 Å². The zero-order valence-corrected chi connectivity index (χ0v) is 11.2. The number of pyridine rings is 1. The number of rotatable bonds is 3. The Morgan fingerprint density at radius 1 is 1.29 bits per heavy atom. The summed E-state index contributed by atoms with van der Waals surface area (Å²) < 4.78 is 0. The predicted molar refractivity (Wildman–Crippen MR) is 75.0 cm³/mol. The van der Waals surface area contributed by atoms with Gasteiger partial charge >= 0.3 is 0 Å². The first-order valence-corrected chi connectivity index (χ1v) is 6.31. The van der Waals surface area contributed by atoms with Crippen molar-refractivity contribution in [3.05, 3.63) is 34.3 Å². The van der Waals surface area contributed by atoms with E-state index in [0.717, 1.165) is 34.6 Å². The Morgan fingerprint density at radius 3 is 2.71 bits per heavy atom. The maximum absolute atomic E-state index is 6.23. The number of aryl methyl sites for hydroxylation is 2. The molecule has 0 aliphatic carbocycles. The molecule has 0 atom stereocenters. The molecule has 1 heterocycles. The second-order valence-corrected chi connectivity index (χ2v) is 4.72. The molecule has 2 rings (SSSR count). The van der Waals surface area contributed by atoms with Crippen LogP contribution in [0.15, 0.2) is 18.2 Å². The topological polar surface area (TPSA) is 24.9 Å². The standard InChI is InChI=1S/C14H17ClN2/c1-4-5-10-8-11-6-9(2)7-12(15)13(11)17-14(10)16-3/h6-8H,4-5H2,1-3H3,(H,16,17). The lowest BCUT2D eigenvalue weighted by Crippen LogP contribution is -1.99. The lowest BCUT2D eigenvalue weighted by molar-refractivity contribution is 0.919. The molecule has 0 aliphatic heterocycles. The highest BCUT2D eigenvalue weighted by atomic mass is 35.5. The molecule has 90 valence electrons. The van der Waals surface area contributed by atoms with Crippen LogP contribution < -0.4 is 5.32 Å². The largest absolute Gasteiger partial charge is 0.373 e. The van der Waals surface area contributed by atoms with Gasteiger partial charge in [-0.2, -0.15) is 0 Å². The molecule has 1 aromatic heterocycles. The van der Waals surface area contributed by atoms with Gasteiger partial charge in [-0.3, -0.25) is 0 Å². The van der Waals surface area contributed by atoms with Gasteiger partial charge in [-0.1, -0.05) is 24.9 Å². The molecule has 2 nitrogen and oxygen atoms in total. The molecule has 0 bridgehead atoms. The van der Waals surface area contributed by atoms with Gasteiger partial charge in [-0.25, -0.2) is 4.98 Å². The first-order valence-electron chi connectivity index (χ1n) is 5.93. The monoisotopic (exact) mass is 248 g/mol. The summed E-state index contributed by atoms with van der Waals surface area (Å²) in [6.07, 6.45) is 2.14. The van der Waals surface area contributed by atoms with Crippen molar-refractivity contribution in [2.24, 2.45) is 0 Å². The summed E-state index contributed by atoms with van der Waals surface area (Å²) in [4.78, 5) is 4.61. The highest BCUT2D eigenvalue weighted by Gasteiger charge is 2.08. The average Bonchev–Trinajstić information content (AvgIpc) is 2.28. The number of aromatic nitrogens is 1. The quantitative estimate of drug-likeness (QED) is 0.881. The van der Waals surface area contributed by atoms with Crippen molar-refractivity contribution in [1.82, 2.24) is 4.98 Å². The van der Waals surface area contributed by atoms with Gasteiger partial charge in [0, 0.05) is 12.4 Å². The fraction of sp³-hybridized carbons (Fsp3) is 0.357. The minimum absolute atomic E-state index is 0.722. The third-order valence-corrected chi connectivity index (χ3v) is 3.14. The third-order valence-electron chi connectivity index (χ3n) is 2.85. The van der Waals surface area contributed by atoms with Crippen molar-refractivity contribution in [2.75, 3.05) is 12.4 Å². The molecule has 2 aromatic rings. The summed E-state index contributed by atoms with van der Waals surface area (Å²) in [5, 5.41) is 4.99. The number of nitrogens with one attached hydrogen (secondary N) is 1. The van der Waals surface area contributed by atoms with Crippen LogP contribution in [0, 0.1) is 6.92 Å². The number of hydrogen-bond acceptors (Lipinski definition) is 2. The van der Waals surface area contributed by atoms with E-state index in [4.69, 9.17) is 11.6 Å². The first kappa shape index (κ1) is 12.2. The van der Waals surface area contributed by atoms with Crippen molar-refractivity contribution in [1.29, 1.82) is 0 Å². The predicted octanol–water partition coefficient (Wildman–Crippen LogP) is 4.19. The molecule has 0 saturated heterocycles. The molecule has 0 fully saturated rings. The zero-order chi connectivity index (χ0) is 12.4. The second kappa shape index (κ2) is 4.92. The second-order valence-electron chi connectivity index (χ2n) is 4.31. The van der Waals surface area contributed by atoms with Crippen LogP contribution >= 0.6 is 11.6 Å². The summed E-state index contributed by atoms with van der Waals surface area (Å²) in [6.45, 7) is 4.23. The Kier molecular flexibility index (Phi) is 3.53. The minimum Gasteiger partial charge on any atom is -0.373 e. The van der Waals surface area contributed by atoms with Crippen LogP contribution in [0.4, 0.5) is 5.82 Å². The highest BCUT2D eigenvalue weighted by Crippen LogP contribution is 2.28. The van der Waals surface area contributed by atoms with Crippen LogP contribution in [0.1, 0.15) is 24.5 Å². The van der Waals surface area contributed by atoms with E-state index in [1.165, 1.54) is 11.1 Å². The molecule has 1 aromatic carbocycles. The molecular formula is C14H17ClN2. The van der Waals surface area contributed by atoms with Gasteiger partial charge in [0.05, 0.1) is 10.5 Å². The number of halogens is 1. The fourth-order valence-corrected chi connectivity index (χ4v) is 2.43. The number of anilines is 1. The van der Waals surface area contributed by atoms with Crippen LogP contribution in [-0.4, -0.2) is 12.0 Å². The van der Waals surface area contributed by atoms with Crippen LogP contribution in [0.2, 0.25) is 5.02 Å². The van der Waals surface area contributed by atoms with Crippen molar-refractivity contribution >= 4 is 28.3 Å². The molecule has 0 saturated carbocycles. The molecule has 0 unspecified atom stereocenters. The van der Waals surface area contributed by atoms with Gasteiger partial charge in [0.1, 0.15) is 5.82 Å². The van der Waals surface area contributed by atoms with Gasteiger partial charge in [0.15, 0.2) is 0 Å². The maximum atomic E-state index is 6.23. The Balaban J connectivity index is 2.69. The van der Waals surface area contributed by atoms with E-state index in [-0.39, 0.29) is 0 Å². The zero-order valence-electron chi connectivity index (χ0n) is 10.5. The average molecular weight is 249 g/mol. The van der Waals surface area contributed by atoms with E-state index in [2.05, 4.69) is 36.3 Å². The molecule has 1 N–H and O–H groups in total. The summed E-state index contributed by atoms with van der Waals surface area (Å²) in [5.41, 5.74) is 3.30. The summed E-state index contributed by atoms with van der Waals surface area (Å²) >= 11 is 6.23. The molecule has 0 radical (unpaired) electrons. The molecule has 0 aliphatic rings. The van der Waals surface area contributed by atoms with Gasteiger partial charge in [0.25, 0.3) is 0 Å². The summed E-state index contributed by atoms with van der Waals surface area (Å²) in [7, 11) is 1.90. The molecule has 3 heteroatoms. The molecular weight excluding hydrogens is 232 g/mol. The van der Waals surface area contributed by atoms with Gasteiger partial charge in [-0.15, -0.1) is 0 Å². The van der Waals surface area contributed by atoms with E-state index < -0.39 is 0 Å². The van der Waals surface area contributed by atoms with E-state index in [9.17, 15) is 0 Å². The smallest absolute Gasteiger partial charge is 0.129 e. The van der Waals surface area contributed by atoms with Crippen LogP contribution in [-0.2, 0) is 6.42 Å². The lowest BCUT2D eigenvalue weighted by Gasteiger charge is -2.10. The Labute approximate surface area is 107 Å². The minimum atomic E-state index is 0.722. The number of fused-ring (bicyclic) bond motifs is 1. The highest BCUT2D eigenvalue weighted by molar-refractivity contribution is 6.35. The van der Waals surface area contributed by atoms with Gasteiger partial charge in [-0.05, 0) is 42.7 Å². The normalized spacial score (nSPS) is 10.8. The Bertz CT molecular complexity index is 549. The number of hydrogen-bond donors (Lipinski definition) is 1. The summed E-state index contributed by atoms with van der Waals surface area (Å²) in [6, 6.07) is 6.28. The lowest BCUT2D eigenvalue weighted by atomic mass is 10.1. The van der Waals surface area contributed by atoms with Gasteiger partial charge in [0.2, 0.25) is 0 Å². The van der Waals surface area contributed by atoms with E-state index in [1.807, 2.05) is 13.1 Å². The fourth-order valence-electron chi connectivity index (χ4n) is 2.11. The van der Waals surface area contributed by atoms with E-state index in [1.54, 1.807) is 0 Å². The first-order chi connectivity index (χ1) is 8.15. The van der Waals surface area contributed by atoms with Crippen molar-refractivity contribution < 1.29 is 0 Å². The molecule has 0 amide bonds. The van der Waals surface area contributed by atoms with E-state index in [0.29, 0.717) is 0 Å². The molecule has 17 heavy (non-hydrogen) atoms. The van der Waals surface area contributed by atoms with Crippen molar-refractivity contribution in [3.63, 3.8) is 0 Å². The Hall–Kier alpha value is -1.28. The summed E-state index contributed by atoms with van der Waals surface area (Å²) in [5.74, 6) is 0.935. The number of nitrogens with zero attached hydrogens (tertiary/aromatic N) is 1. The third kappa shape index (κ3) is 2.37. The van der Waals surface area contributed by atoms with Crippen LogP contribution in [0.5, 0.6) is 0 Å². The van der Waals surface area contributed by atoms with E-state index >= 15 is 0 Å². The van der Waals surface area contributed by atoms with Crippen molar-refractivity contribution in [3.8, 4) is 0 Å². The van der Waals surface area contributed by atoms with Gasteiger partial charge < -0.3 is 5.32 Å². The van der Waals surface area contributed by atoms with Crippen LogP contribution in [0.3, 0.4) is 0 Å². The maximum Gasteiger partial charge on any atom is 0.129 e.